The van der Waals surface area contributed by atoms with Crippen LogP contribution in [0.15, 0.2) is 39.5 Å². The van der Waals surface area contributed by atoms with E-state index < -0.39 is 0 Å². The molecular weight excluding hydrogens is 370 g/mol. The van der Waals surface area contributed by atoms with Gasteiger partial charge in [0.2, 0.25) is 0 Å². The first kappa shape index (κ1) is 19.2. The highest BCUT2D eigenvalue weighted by atomic mass is 16.5. The number of fused-ring (bicyclic) bond motifs is 2. The molecule has 1 aliphatic heterocycles. The topological polar surface area (TPSA) is 61.1 Å². The second-order valence-corrected chi connectivity index (χ2v) is 7.22. The molecule has 6 nitrogen and oxygen atoms in total. The van der Waals surface area contributed by atoms with Gasteiger partial charge in [0, 0.05) is 40.9 Å². The zero-order chi connectivity index (χ0) is 20.5. The van der Waals surface area contributed by atoms with E-state index in [2.05, 4.69) is 17.9 Å². The lowest BCUT2D eigenvalue weighted by Crippen LogP contribution is -2.32. The Morgan fingerprint density at radius 3 is 2.62 bits per heavy atom. The fourth-order valence-electron chi connectivity index (χ4n) is 3.95. The van der Waals surface area contributed by atoms with Crippen molar-refractivity contribution in [3.05, 3.63) is 57.4 Å². The maximum absolute atomic E-state index is 12.0. The van der Waals surface area contributed by atoms with Gasteiger partial charge in [-0.15, -0.1) is 0 Å². The van der Waals surface area contributed by atoms with Crippen molar-refractivity contribution in [1.29, 1.82) is 0 Å². The molecule has 3 aromatic rings. The number of hydrogen-bond acceptors (Lipinski definition) is 6. The minimum atomic E-state index is -0.313. The Morgan fingerprint density at radius 2 is 1.90 bits per heavy atom. The van der Waals surface area contributed by atoms with Gasteiger partial charge in [0.15, 0.2) is 18.2 Å². The highest BCUT2D eigenvalue weighted by molar-refractivity contribution is 5.86. The highest BCUT2D eigenvalue weighted by Gasteiger charge is 2.24. The first-order valence-electron chi connectivity index (χ1n) is 9.74. The van der Waals surface area contributed by atoms with Gasteiger partial charge in [-0.3, -0.25) is 0 Å². The number of rotatable bonds is 5. The van der Waals surface area contributed by atoms with E-state index in [1.54, 1.807) is 20.3 Å². The van der Waals surface area contributed by atoms with Crippen LogP contribution in [0, 0.1) is 6.92 Å². The molecule has 0 spiro atoms. The van der Waals surface area contributed by atoms with Crippen molar-refractivity contribution in [2.24, 2.45) is 0 Å². The Morgan fingerprint density at radius 1 is 1.10 bits per heavy atom. The number of benzene rings is 2. The molecule has 6 heteroatoms. The first-order valence-corrected chi connectivity index (χ1v) is 9.74. The van der Waals surface area contributed by atoms with E-state index >= 15 is 0 Å². The molecule has 29 heavy (non-hydrogen) atoms. The van der Waals surface area contributed by atoms with Gasteiger partial charge in [-0.25, -0.2) is 4.79 Å². The standard InChI is InChI=1S/C23H25NO5/c1-5-6-15-10-21(25)29-23-14(2)22-16(9-18(15)23)12-24(13-28-22)17-7-8-19(26-3)20(11-17)27-4/h7-11H,5-6,12-13H2,1-4H3. The monoisotopic (exact) mass is 395 g/mol. The molecule has 0 N–H and O–H groups in total. The fraction of sp³-hybridized carbons (Fsp3) is 0.348. The van der Waals surface area contributed by atoms with Crippen LogP contribution in [-0.2, 0) is 13.0 Å². The third kappa shape index (κ3) is 3.39. The fourth-order valence-corrected chi connectivity index (χ4v) is 3.95. The van der Waals surface area contributed by atoms with Crippen LogP contribution in [-0.4, -0.2) is 21.0 Å². The lowest BCUT2D eigenvalue weighted by atomic mass is 9.98. The molecule has 2 heterocycles. The number of aryl methyl sites for hydroxylation is 2. The van der Waals surface area contributed by atoms with Crippen LogP contribution >= 0.6 is 0 Å². The quantitative estimate of drug-likeness (QED) is 0.596. The summed E-state index contributed by atoms with van der Waals surface area (Å²) in [6.07, 6.45) is 1.80. The van der Waals surface area contributed by atoms with Crippen molar-refractivity contribution in [2.45, 2.75) is 33.2 Å². The van der Waals surface area contributed by atoms with Crippen molar-refractivity contribution in [3.63, 3.8) is 0 Å². The number of methoxy groups -OCH3 is 2. The number of anilines is 1. The normalized spacial score (nSPS) is 13.2. The molecule has 0 bridgehead atoms. The minimum absolute atomic E-state index is 0.313. The summed E-state index contributed by atoms with van der Waals surface area (Å²) in [5.74, 6) is 2.17. The van der Waals surface area contributed by atoms with E-state index in [1.165, 1.54) is 0 Å². The number of hydrogen-bond donors (Lipinski definition) is 0. The van der Waals surface area contributed by atoms with Crippen molar-refractivity contribution < 1.29 is 18.6 Å². The summed E-state index contributed by atoms with van der Waals surface area (Å²) in [4.78, 5) is 14.1. The molecule has 0 aliphatic carbocycles. The van der Waals surface area contributed by atoms with Gasteiger partial charge in [0.05, 0.1) is 14.2 Å². The molecule has 0 unspecified atom stereocenters. The second kappa shape index (κ2) is 7.70. The van der Waals surface area contributed by atoms with Gasteiger partial charge in [-0.2, -0.15) is 0 Å². The zero-order valence-electron chi connectivity index (χ0n) is 17.2. The van der Waals surface area contributed by atoms with Gasteiger partial charge in [0.25, 0.3) is 0 Å². The van der Waals surface area contributed by atoms with Gasteiger partial charge in [-0.1, -0.05) is 13.3 Å². The molecule has 0 fully saturated rings. The van der Waals surface area contributed by atoms with Gasteiger partial charge < -0.3 is 23.5 Å². The largest absolute Gasteiger partial charge is 0.493 e. The maximum Gasteiger partial charge on any atom is 0.336 e. The molecule has 0 radical (unpaired) electrons. The van der Waals surface area contributed by atoms with Gasteiger partial charge >= 0.3 is 5.63 Å². The van der Waals surface area contributed by atoms with Gasteiger partial charge in [0.1, 0.15) is 11.3 Å². The molecular formula is C23H25NO5. The summed E-state index contributed by atoms with van der Waals surface area (Å²) in [5, 5.41) is 0.987. The Kier molecular flexibility index (Phi) is 5.09. The maximum atomic E-state index is 12.0. The van der Waals surface area contributed by atoms with Crippen LogP contribution in [0.25, 0.3) is 11.0 Å². The summed E-state index contributed by atoms with van der Waals surface area (Å²) >= 11 is 0. The molecule has 2 aromatic carbocycles. The van der Waals surface area contributed by atoms with Crippen molar-refractivity contribution >= 4 is 16.7 Å². The summed E-state index contributed by atoms with van der Waals surface area (Å²) in [6.45, 7) is 5.14. The Labute approximate surface area is 169 Å². The van der Waals surface area contributed by atoms with E-state index in [1.807, 2.05) is 25.1 Å². The van der Waals surface area contributed by atoms with Gasteiger partial charge in [-0.05, 0) is 37.1 Å². The van der Waals surface area contributed by atoms with E-state index in [0.717, 1.165) is 46.4 Å². The van der Waals surface area contributed by atoms with Crippen LogP contribution in [0.4, 0.5) is 5.69 Å². The molecule has 0 atom stereocenters. The van der Waals surface area contributed by atoms with Crippen LogP contribution in [0.1, 0.15) is 30.0 Å². The molecule has 0 saturated carbocycles. The van der Waals surface area contributed by atoms with E-state index in [-0.39, 0.29) is 5.63 Å². The molecule has 152 valence electrons. The molecule has 0 amide bonds. The predicted molar refractivity (Wildman–Crippen MR) is 112 cm³/mol. The minimum Gasteiger partial charge on any atom is -0.493 e. The van der Waals surface area contributed by atoms with Crippen LogP contribution in [0.5, 0.6) is 17.2 Å². The highest BCUT2D eigenvalue weighted by Crippen LogP contribution is 2.38. The predicted octanol–water partition coefficient (Wildman–Crippen LogP) is 4.43. The summed E-state index contributed by atoms with van der Waals surface area (Å²) in [6, 6.07) is 9.53. The average molecular weight is 395 g/mol. The van der Waals surface area contributed by atoms with Crippen molar-refractivity contribution in [2.75, 3.05) is 25.9 Å². The van der Waals surface area contributed by atoms with Crippen LogP contribution in [0.3, 0.4) is 0 Å². The van der Waals surface area contributed by atoms with Crippen LogP contribution in [0.2, 0.25) is 0 Å². The first-order chi connectivity index (χ1) is 14.0. The Balaban J connectivity index is 1.77. The summed E-state index contributed by atoms with van der Waals surface area (Å²) < 4.78 is 22.4. The zero-order valence-corrected chi connectivity index (χ0v) is 17.2. The van der Waals surface area contributed by atoms with Crippen LogP contribution < -0.4 is 24.7 Å². The average Bonchev–Trinajstić information content (AvgIpc) is 2.74. The molecule has 1 aromatic heterocycles. The number of nitrogens with zero attached hydrogens (tertiary/aromatic N) is 1. The Bertz CT molecular complexity index is 1120. The third-order valence-corrected chi connectivity index (χ3v) is 5.35. The SMILES string of the molecule is CCCc1cc(=O)oc2c(C)c3c(cc12)CN(c1ccc(OC)c(OC)c1)CO3. The molecule has 1 aliphatic rings. The van der Waals surface area contributed by atoms with Crippen molar-refractivity contribution in [3.8, 4) is 17.2 Å². The summed E-state index contributed by atoms with van der Waals surface area (Å²) in [7, 11) is 3.25. The van der Waals surface area contributed by atoms with Crippen molar-refractivity contribution in [1.82, 2.24) is 0 Å². The smallest absolute Gasteiger partial charge is 0.336 e. The molecule has 4 rings (SSSR count). The third-order valence-electron chi connectivity index (χ3n) is 5.35. The summed E-state index contributed by atoms with van der Waals surface area (Å²) in [5.41, 5.74) is 4.26. The Hall–Kier alpha value is -3.15. The molecule has 0 saturated heterocycles. The second-order valence-electron chi connectivity index (χ2n) is 7.22. The van der Waals surface area contributed by atoms with E-state index in [9.17, 15) is 4.79 Å². The van der Waals surface area contributed by atoms with E-state index in [4.69, 9.17) is 18.6 Å². The number of ether oxygens (including phenoxy) is 3. The van der Waals surface area contributed by atoms with E-state index in [0.29, 0.717) is 30.4 Å². The lowest BCUT2D eigenvalue weighted by molar-refractivity contribution is 0.287. The lowest BCUT2D eigenvalue weighted by Gasteiger charge is -2.32.